The maximum atomic E-state index is 9.54. The monoisotopic (exact) mass is 270 g/mol. The zero-order chi connectivity index (χ0) is 11.7. The summed E-state index contributed by atoms with van der Waals surface area (Å²) in [6.07, 6.45) is -2.13. The van der Waals surface area contributed by atoms with Crippen molar-refractivity contribution in [3.63, 3.8) is 0 Å². The number of carboxylic acid groups (broad SMARTS) is 2. The summed E-state index contributed by atoms with van der Waals surface area (Å²) in [5.74, 6) is -2.43. The van der Waals surface area contributed by atoms with Crippen LogP contribution in [0.15, 0.2) is 0 Å². The molecule has 0 amide bonds. The summed E-state index contributed by atoms with van der Waals surface area (Å²) < 4.78 is 0. The van der Waals surface area contributed by atoms with E-state index >= 15 is 0 Å². The van der Waals surface area contributed by atoms with Gasteiger partial charge in [-0.05, 0) is 13.8 Å². The second-order valence-corrected chi connectivity index (χ2v) is 2.85. The van der Waals surface area contributed by atoms with Crippen LogP contribution in [0, 0.1) is 0 Å². The quantitative estimate of drug-likeness (QED) is 0.526. The van der Waals surface area contributed by atoms with Crippen molar-refractivity contribution in [2.45, 2.75) is 38.9 Å². The van der Waals surface area contributed by atoms with Gasteiger partial charge in [0, 0.05) is 24.8 Å². The van der Waals surface area contributed by atoms with E-state index in [1.54, 1.807) is 0 Å². The summed E-state index contributed by atoms with van der Waals surface area (Å²) in [6.45, 7) is 2.80. The Kier molecular flexibility index (Phi) is 15.4. The Bertz CT molecular complexity index is 160. The van der Waals surface area contributed by atoms with Crippen molar-refractivity contribution >= 4 is 11.9 Å². The number of carboxylic acids is 2. The number of hydrogen-bond donors (Lipinski definition) is 2. The van der Waals surface area contributed by atoms with E-state index in [2.05, 4.69) is 0 Å². The van der Waals surface area contributed by atoms with E-state index in [0.29, 0.717) is 0 Å². The maximum Gasteiger partial charge on any atom is 2.00 e. The third-order valence-electron chi connectivity index (χ3n) is 0.924. The van der Waals surface area contributed by atoms with Crippen LogP contribution in [-0.2, 0) is 29.1 Å². The summed E-state index contributed by atoms with van der Waals surface area (Å²) in [7, 11) is 0. The van der Waals surface area contributed by atoms with Gasteiger partial charge < -0.3 is 30.0 Å². The molecule has 0 aromatic rings. The molecule has 0 aliphatic heterocycles. The molecule has 0 saturated heterocycles. The van der Waals surface area contributed by atoms with Crippen molar-refractivity contribution in [1.29, 1.82) is 0 Å². The number of rotatable bonds is 4. The van der Waals surface area contributed by atoms with E-state index < -0.39 is 24.1 Å². The van der Waals surface area contributed by atoms with E-state index in [-0.39, 0.29) is 32.3 Å². The van der Waals surface area contributed by atoms with Crippen LogP contribution < -0.4 is 10.2 Å². The number of aliphatic hydroxyl groups excluding tert-OH is 2. The van der Waals surface area contributed by atoms with Crippen molar-refractivity contribution < 1.29 is 49.5 Å². The largest absolute Gasteiger partial charge is 2.00 e. The molecular formula is C8H14O6Zn. The van der Waals surface area contributed by atoms with Crippen LogP contribution in [0.1, 0.15) is 26.7 Å². The number of carbonyl (C=O) groups is 2. The molecule has 2 N–H and O–H groups in total. The molecule has 0 spiro atoms. The van der Waals surface area contributed by atoms with Crippen LogP contribution in [0.2, 0.25) is 0 Å². The van der Waals surface area contributed by atoms with E-state index in [9.17, 15) is 19.8 Å². The molecule has 0 aromatic carbocycles. The Morgan fingerprint density at radius 3 is 1.20 bits per heavy atom. The molecule has 0 fully saturated rings. The van der Waals surface area contributed by atoms with Gasteiger partial charge in [0.15, 0.2) is 0 Å². The fourth-order valence-electron chi connectivity index (χ4n) is 0.482. The Labute approximate surface area is 101 Å². The third-order valence-corrected chi connectivity index (χ3v) is 0.924. The Hall–Kier alpha value is -0.517. The van der Waals surface area contributed by atoms with E-state index in [0.717, 1.165) is 0 Å². The fourth-order valence-corrected chi connectivity index (χ4v) is 0.482. The first-order valence-corrected chi connectivity index (χ1v) is 4.01. The van der Waals surface area contributed by atoms with Gasteiger partial charge >= 0.3 is 19.5 Å². The van der Waals surface area contributed by atoms with Crippen molar-refractivity contribution in [2.24, 2.45) is 0 Å². The third kappa shape index (κ3) is 31.7. The first kappa shape index (κ1) is 20.0. The molecule has 0 aromatic heterocycles. The maximum absolute atomic E-state index is 9.54. The number of carbonyl (C=O) groups excluding carboxylic acids is 2. The van der Waals surface area contributed by atoms with Gasteiger partial charge in [-0.3, -0.25) is 0 Å². The second-order valence-electron chi connectivity index (χ2n) is 2.85. The molecule has 15 heavy (non-hydrogen) atoms. The van der Waals surface area contributed by atoms with E-state index in [1.165, 1.54) is 13.8 Å². The smallest absolute Gasteiger partial charge is 0.550 e. The molecule has 0 heterocycles. The van der Waals surface area contributed by atoms with Crippen molar-refractivity contribution in [2.75, 3.05) is 0 Å². The number of aliphatic carboxylic acids is 2. The predicted octanol–water partition coefficient (Wildman–Crippen LogP) is -2.99. The summed E-state index contributed by atoms with van der Waals surface area (Å²) >= 11 is 0. The molecule has 0 aliphatic rings. The van der Waals surface area contributed by atoms with Gasteiger partial charge in [-0.1, -0.05) is 0 Å². The molecule has 0 rings (SSSR count). The molecule has 0 radical (unpaired) electrons. The zero-order valence-corrected chi connectivity index (χ0v) is 11.8. The molecular weight excluding hydrogens is 257 g/mol. The summed E-state index contributed by atoms with van der Waals surface area (Å²) in [5.41, 5.74) is 0. The van der Waals surface area contributed by atoms with E-state index in [1.807, 2.05) is 0 Å². The van der Waals surface area contributed by atoms with E-state index in [4.69, 9.17) is 10.2 Å². The molecule has 0 saturated carbocycles. The number of aliphatic hydroxyl groups is 2. The normalized spacial score (nSPS) is 12.5. The minimum absolute atomic E-state index is 0. The predicted molar refractivity (Wildman–Crippen MR) is 42.6 cm³/mol. The zero-order valence-electron chi connectivity index (χ0n) is 8.80. The van der Waals surface area contributed by atoms with Crippen LogP contribution in [-0.4, -0.2) is 34.4 Å². The molecule has 7 heteroatoms. The molecule has 0 unspecified atom stereocenters. The van der Waals surface area contributed by atoms with Crippen LogP contribution in [0.4, 0.5) is 0 Å². The van der Waals surface area contributed by atoms with Crippen molar-refractivity contribution in [3.8, 4) is 0 Å². The molecule has 0 bridgehead atoms. The van der Waals surface area contributed by atoms with Crippen LogP contribution in [0.25, 0.3) is 0 Å². The topological polar surface area (TPSA) is 121 Å². The summed E-state index contributed by atoms with van der Waals surface area (Å²) in [5, 5.41) is 35.7. The van der Waals surface area contributed by atoms with Crippen molar-refractivity contribution in [1.82, 2.24) is 0 Å². The minimum Gasteiger partial charge on any atom is -0.550 e. The average Bonchev–Trinajstić information content (AvgIpc) is 1.79. The van der Waals surface area contributed by atoms with Gasteiger partial charge in [-0.15, -0.1) is 0 Å². The molecule has 84 valence electrons. The average molecular weight is 272 g/mol. The van der Waals surface area contributed by atoms with Gasteiger partial charge in [0.2, 0.25) is 0 Å². The first-order valence-electron chi connectivity index (χ1n) is 4.01. The van der Waals surface area contributed by atoms with Crippen LogP contribution >= 0.6 is 0 Å². The van der Waals surface area contributed by atoms with Crippen molar-refractivity contribution in [3.05, 3.63) is 0 Å². The molecule has 0 aliphatic carbocycles. The SMILES string of the molecule is C[C@@H](O)CC(=O)[O-].C[C@@H](O)CC(=O)[O-].[Zn+2]. The minimum atomic E-state index is -1.21. The fraction of sp³-hybridized carbons (Fsp3) is 0.750. The van der Waals surface area contributed by atoms with Gasteiger partial charge in [0.25, 0.3) is 0 Å². The molecule has 2 atom stereocenters. The number of hydrogen-bond acceptors (Lipinski definition) is 6. The second kappa shape index (κ2) is 11.6. The Balaban J connectivity index is -0.000000180. The Morgan fingerprint density at radius 1 is 1.00 bits per heavy atom. The van der Waals surface area contributed by atoms with Crippen LogP contribution in [0.5, 0.6) is 0 Å². The standard InChI is InChI=1S/2C4H8O3.Zn/c2*1-3(5)2-4(6)7;/h2*3,5H,2H2,1H3,(H,6,7);/q;;+2/p-2/t2*3-;/m11./s1. The summed E-state index contributed by atoms with van der Waals surface area (Å²) in [4.78, 5) is 19.1. The van der Waals surface area contributed by atoms with Gasteiger partial charge in [0.1, 0.15) is 0 Å². The van der Waals surface area contributed by atoms with Gasteiger partial charge in [-0.25, -0.2) is 0 Å². The molecule has 6 nitrogen and oxygen atoms in total. The van der Waals surface area contributed by atoms with Gasteiger partial charge in [0.05, 0.1) is 12.2 Å². The summed E-state index contributed by atoms with van der Waals surface area (Å²) in [6, 6.07) is 0. The first-order chi connectivity index (χ1) is 6.25. The Morgan fingerprint density at radius 2 is 1.20 bits per heavy atom. The van der Waals surface area contributed by atoms with Crippen LogP contribution in [0.3, 0.4) is 0 Å². The van der Waals surface area contributed by atoms with Gasteiger partial charge in [-0.2, -0.15) is 0 Å².